The molecular weight excluding hydrogens is 255 g/mol. The molecule has 0 aliphatic carbocycles. The summed E-state index contributed by atoms with van der Waals surface area (Å²) in [7, 11) is 0. The van der Waals surface area contributed by atoms with Gasteiger partial charge in [-0.05, 0) is 62.5 Å². The molecule has 1 fully saturated rings. The Bertz CT molecular complexity index is 470. The van der Waals surface area contributed by atoms with Gasteiger partial charge in [-0.15, -0.1) is 0 Å². The van der Waals surface area contributed by atoms with Gasteiger partial charge in [0.1, 0.15) is 5.82 Å². The molecule has 110 valence electrons. The molecule has 1 atom stereocenters. The predicted molar refractivity (Wildman–Crippen MR) is 78.3 cm³/mol. The van der Waals surface area contributed by atoms with Gasteiger partial charge in [-0.2, -0.15) is 0 Å². The zero-order chi connectivity index (χ0) is 14.5. The number of benzene rings is 1. The standard InChI is InChI=1S/C16H23FN2O/c1-12(11-19-7-3-4-8-19)10-18-16(20)14-5-6-15(17)13(2)9-14/h5-6,9,12H,3-4,7-8,10-11H2,1-2H3,(H,18,20). The lowest BCUT2D eigenvalue weighted by molar-refractivity contribution is 0.0945. The first-order chi connectivity index (χ1) is 9.56. The number of carbonyl (C=O) groups is 1. The molecular formula is C16H23FN2O. The van der Waals surface area contributed by atoms with Crippen molar-refractivity contribution in [2.45, 2.75) is 26.7 Å². The molecule has 4 heteroatoms. The molecule has 1 saturated heterocycles. The molecule has 3 nitrogen and oxygen atoms in total. The predicted octanol–water partition coefficient (Wildman–Crippen LogP) is 2.60. The molecule has 0 spiro atoms. The maximum Gasteiger partial charge on any atom is 0.251 e. The van der Waals surface area contributed by atoms with E-state index in [1.807, 2.05) is 0 Å². The largest absolute Gasteiger partial charge is 0.352 e. The van der Waals surface area contributed by atoms with Crippen molar-refractivity contribution >= 4 is 5.91 Å². The van der Waals surface area contributed by atoms with E-state index in [4.69, 9.17) is 0 Å². The van der Waals surface area contributed by atoms with Crippen LogP contribution in [0.25, 0.3) is 0 Å². The molecule has 1 amide bonds. The third-order valence-corrected chi connectivity index (χ3v) is 3.80. The molecule has 1 heterocycles. The summed E-state index contributed by atoms with van der Waals surface area (Å²) in [5.74, 6) is 0.0314. The average molecular weight is 278 g/mol. The molecule has 0 aromatic heterocycles. The fourth-order valence-electron chi connectivity index (χ4n) is 2.63. The van der Waals surface area contributed by atoms with Crippen LogP contribution in [0, 0.1) is 18.7 Å². The van der Waals surface area contributed by atoms with Crippen LogP contribution < -0.4 is 5.32 Å². The second-order valence-electron chi connectivity index (χ2n) is 5.79. The monoisotopic (exact) mass is 278 g/mol. The Balaban J connectivity index is 1.80. The number of hydrogen-bond acceptors (Lipinski definition) is 2. The maximum atomic E-state index is 13.2. The van der Waals surface area contributed by atoms with Gasteiger partial charge in [0.25, 0.3) is 5.91 Å². The van der Waals surface area contributed by atoms with E-state index in [0.29, 0.717) is 23.6 Å². The van der Waals surface area contributed by atoms with Gasteiger partial charge < -0.3 is 10.2 Å². The summed E-state index contributed by atoms with van der Waals surface area (Å²) in [6.07, 6.45) is 2.57. The Morgan fingerprint density at radius 2 is 2.10 bits per heavy atom. The maximum absolute atomic E-state index is 13.2. The summed E-state index contributed by atoms with van der Waals surface area (Å²) in [5.41, 5.74) is 1.03. The molecule has 1 N–H and O–H groups in total. The first kappa shape index (κ1) is 15.0. The minimum atomic E-state index is -0.274. The number of hydrogen-bond donors (Lipinski definition) is 1. The number of aryl methyl sites for hydroxylation is 1. The molecule has 0 saturated carbocycles. The number of amides is 1. The van der Waals surface area contributed by atoms with Crippen LogP contribution in [-0.4, -0.2) is 37.0 Å². The molecule has 1 unspecified atom stereocenters. The molecule has 1 aliphatic rings. The van der Waals surface area contributed by atoms with Crippen molar-refractivity contribution in [3.8, 4) is 0 Å². The highest BCUT2D eigenvalue weighted by molar-refractivity contribution is 5.94. The number of nitrogens with one attached hydrogen (secondary N) is 1. The molecule has 1 aromatic rings. The van der Waals surface area contributed by atoms with Crippen molar-refractivity contribution in [1.29, 1.82) is 0 Å². The van der Waals surface area contributed by atoms with Crippen LogP contribution in [0.1, 0.15) is 35.7 Å². The van der Waals surface area contributed by atoms with Crippen molar-refractivity contribution in [3.05, 3.63) is 35.1 Å². The van der Waals surface area contributed by atoms with Crippen molar-refractivity contribution in [1.82, 2.24) is 10.2 Å². The molecule has 1 aromatic carbocycles. The third kappa shape index (κ3) is 4.04. The fraction of sp³-hybridized carbons (Fsp3) is 0.562. The summed E-state index contributed by atoms with van der Waals surface area (Å²) >= 11 is 0. The van der Waals surface area contributed by atoms with Crippen LogP contribution in [-0.2, 0) is 0 Å². The van der Waals surface area contributed by atoms with E-state index in [9.17, 15) is 9.18 Å². The first-order valence-corrected chi connectivity index (χ1v) is 7.33. The molecule has 0 bridgehead atoms. The minimum Gasteiger partial charge on any atom is -0.352 e. The minimum absolute atomic E-state index is 0.124. The Morgan fingerprint density at radius 1 is 1.40 bits per heavy atom. The van der Waals surface area contributed by atoms with Crippen LogP contribution in [0.15, 0.2) is 18.2 Å². The fourth-order valence-corrected chi connectivity index (χ4v) is 2.63. The van der Waals surface area contributed by atoms with Gasteiger partial charge in [-0.25, -0.2) is 4.39 Å². The van der Waals surface area contributed by atoms with Crippen molar-refractivity contribution in [2.75, 3.05) is 26.2 Å². The molecule has 1 aliphatic heterocycles. The smallest absolute Gasteiger partial charge is 0.251 e. The topological polar surface area (TPSA) is 32.3 Å². The molecule has 2 rings (SSSR count). The number of nitrogens with zero attached hydrogens (tertiary/aromatic N) is 1. The van der Waals surface area contributed by atoms with E-state index in [2.05, 4.69) is 17.1 Å². The van der Waals surface area contributed by atoms with Gasteiger partial charge in [0, 0.05) is 18.7 Å². The Hall–Kier alpha value is -1.42. The van der Waals surface area contributed by atoms with Gasteiger partial charge >= 0.3 is 0 Å². The summed E-state index contributed by atoms with van der Waals surface area (Å²) in [4.78, 5) is 14.4. The Kier molecular flexibility index (Phi) is 5.12. The van der Waals surface area contributed by atoms with Crippen LogP contribution >= 0.6 is 0 Å². The van der Waals surface area contributed by atoms with E-state index < -0.39 is 0 Å². The Morgan fingerprint density at radius 3 is 2.75 bits per heavy atom. The van der Waals surface area contributed by atoms with E-state index in [0.717, 1.165) is 6.54 Å². The zero-order valence-corrected chi connectivity index (χ0v) is 12.3. The van der Waals surface area contributed by atoms with E-state index in [-0.39, 0.29) is 11.7 Å². The number of likely N-dealkylation sites (tertiary alicyclic amines) is 1. The van der Waals surface area contributed by atoms with Gasteiger partial charge in [-0.1, -0.05) is 6.92 Å². The summed E-state index contributed by atoms with van der Waals surface area (Å²) in [5, 5.41) is 2.93. The third-order valence-electron chi connectivity index (χ3n) is 3.80. The van der Waals surface area contributed by atoms with E-state index in [1.165, 1.54) is 38.1 Å². The SMILES string of the molecule is Cc1cc(C(=O)NCC(C)CN2CCCC2)ccc1F. The lowest BCUT2D eigenvalue weighted by Crippen LogP contribution is -2.34. The van der Waals surface area contributed by atoms with Gasteiger partial charge in [0.15, 0.2) is 0 Å². The molecule has 0 radical (unpaired) electrons. The second-order valence-corrected chi connectivity index (χ2v) is 5.79. The zero-order valence-electron chi connectivity index (χ0n) is 12.3. The lowest BCUT2D eigenvalue weighted by atomic mass is 10.1. The quantitative estimate of drug-likeness (QED) is 0.898. The molecule has 20 heavy (non-hydrogen) atoms. The normalized spacial score (nSPS) is 17.1. The van der Waals surface area contributed by atoms with Gasteiger partial charge in [0.05, 0.1) is 0 Å². The second kappa shape index (κ2) is 6.84. The summed E-state index contributed by atoms with van der Waals surface area (Å²) < 4.78 is 13.2. The van der Waals surface area contributed by atoms with Crippen LogP contribution in [0.2, 0.25) is 0 Å². The van der Waals surface area contributed by atoms with Crippen LogP contribution in [0.3, 0.4) is 0 Å². The van der Waals surface area contributed by atoms with E-state index >= 15 is 0 Å². The number of rotatable bonds is 5. The highest BCUT2D eigenvalue weighted by atomic mass is 19.1. The highest BCUT2D eigenvalue weighted by Gasteiger charge is 2.15. The number of carbonyl (C=O) groups excluding carboxylic acids is 1. The average Bonchev–Trinajstić information content (AvgIpc) is 2.92. The van der Waals surface area contributed by atoms with Crippen LogP contribution in [0.4, 0.5) is 4.39 Å². The summed E-state index contributed by atoms with van der Waals surface area (Å²) in [6, 6.07) is 4.47. The van der Waals surface area contributed by atoms with Gasteiger partial charge in [-0.3, -0.25) is 4.79 Å². The number of halogens is 1. The van der Waals surface area contributed by atoms with Crippen LogP contribution in [0.5, 0.6) is 0 Å². The lowest BCUT2D eigenvalue weighted by Gasteiger charge is -2.20. The van der Waals surface area contributed by atoms with Crippen molar-refractivity contribution < 1.29 is 9.18 Å². The summed E-state index contributed by atoms with van der Waals surface area (Å²) in [6.45, 7) is 7.86. The van der Waals surface area contributed by atoms with Gasteiger partial charge in [0.2, 0.25) is 0 Å². The van der Waals surface area contributed by atoms with Crippen molar-refractivity contribution in [2.24, 2.45) is 5.92 Å². The van der Waals surface area contributed by atoms with E-state index in [1.54, 1.807) is 13.0 Å². The first-order valence-electron chi connectivity index (χ1n) is 7.33. The Labute approximate surface area is 120 Å². The van der Waals surface area contributed by atoms with Crippen molar-refractivity contribution in [3.63, 3.8) is 0 Å². The highest BCUT2D eigenvalue weighted by Crippen LogP contribution is 2.11.